The Morgan fingerprint density at radius 2 is 2.32 bits per heavy atom. The first-order valence-corrected chi connectivity index (χ1v) is 6.96. The summed E-state index contributed by atoms with van der Waals surface area (Å²) in [5.41, 5.74) is -0.165. The van der Waals surface area contributed by atoms with Crippen LogP contribution in [0.15, 0.2) is 21.4 Å². The van der Waals surface area contributed by atoms with Gasteiger partial charge in [-0.2, -0.15) is 0 Å². The Bertz CT molecular complexity index is 668. The van der Waals surface area contributed by atoms with Gasteiger partial charge in [0.05, 0.1) is 17.8 Å². The Morgan fingerprint density at radius 1 is 1.58 bits per heavy atom. The molecule has 2 aromatic rings. The van der Waals surface area contributed by atoms with Crippen LogP contribution in [0.2, 0.25) is 0 Å². The molecule has 0 spiro atoms. The number of nitrogens with zero attached hydrogens (tertiary/aromatic N) is 2. The van der Waals surface area contributed by atoms with Crippen LogP contribution in [0.4, 0.5) is 8.78 Å². The third-order valence-corrected chi connectivity index (χ3v) is 4.03. The van der Waals surface area contributed by atoms with Crippen molar-refractivity contribution in [1.82, 2.24) is 9.55 Å². The Balaban J connectivity index is 2.51. The highest BCUT2D eigenvalue weighted by Gasteiger charge is 2.16. The SMILES string of the molecule is O=C(O)CSc1nc2ccsc2c(=O)n1CC(F)F. The van der Waals surface area contributed by atoms with E-state index >= 15 is 0 Å². The zero-order valence-corrected chi connectivity index (χ0v) is 11.0. The average Bonchev–Trinajstić information content (AvgIpc) is 2.78. The lowest BCUT2D eigenvalue weighted by atomic mass is 10.4. The summed E-state index contributed by atoms with van der Waals surface area (Å²) in [6.07, 6.45) is -2.71. The van der Waals surface area contributed by atoms with Gasteiger partial charge in [-0.1, -0.05) is 11.8 Å². The van der Waals surface area contributed by atoms with E-state index in [0.29, 0.717) is 10.2 Å². The van der Waals surface area contributed by atoms with E-state index in [2.05, 4.69) is 4.98 Å². The molecule has 0 aliphatic rings. The molecule has 0 aliphatic carbocycles. The zero-order chi connectivity index (χ0) is 14.0. The van der Waals surface area contributed by atoms with Crippen LogP contribution in [-0.2, 0) is 11.3 Å². The fourth-order valence-electron chi connectivity index (χ4n) is 1.46. The summed E-state index contributed by atoms with van der Waals surface area (Å²) in [5, 5.41) is 10.2. The topological polar surface area (TPSA) is 72.2 Å². The predicted molar refractivity (Wildman–Crippen MR) is 68.2 cm³/mol. The summed E-state index contributed by atoms with van der Waals surface area (Å²) < 4.78 is 26.1. The van der Waals surface area contributed by atoms with Crippen molar-refractivity contribution in [1.29, 1.82) is 0 Å². The first kappa shape index (κ1) is 13.9. The van der Waals surface area contributed by atoms with Gasteiger partial charge < -0.3 is 5.11 Å². The van der Waals surface area contributed by atoms with Gasteiger partial charge in [-0.25, -0.2) is 13.8 Å². The molecule has 0 saturated heterocycles. The van der Waals surface area contributed by atoms with E-state index in [9.17, 15) is 18.4 Å². The standard InChI is InChI=1S/C10H8F2N2O3S2/c11-6(12)3-14-9(17)8-5(1-2-18-8)13-10(14)19-4-7(15)16/h1-2,6H,3-4H2,(H,15,16). The maximum absolute atomic E-state index is 12.5. The average molecular weight is 306 g/mol. The number of aliphatic carboxylic acids is 1. The van der Waals surface area contributed by atoms with Crippen molar-refractivity contribution >= 4 is 39.3 Å². The number of hydrogen-bond donors (Lipinski definition) is 1. The molecule has 0 atom stereocenters. The predicted octanol–water partition coefficient (Wildman–Crippen LogP) is 1.90. The molecule has 9 heteroatoms. The van der Waals surface area contributed by atoms with E-state index in [4.69, 9.17) is 5.11 Å². The Morgan fingerprint density at radius 3 is 2.95 bits per heavy atom. The second-order valence-electron chi connectivity index (χ2n) is 3.52. The first-order chi connectivity index (χ1) is 8.99. The van der Waals surface area contributed by atoms with Crippen LogP contribution in [-0.4, -0.2) is 32.8 Å². The third-order valence-electron chi connectivity index (χ3n) is 2.18. The van der Waals surface area contributed by atoms with Crippen LogP contribution in [0.3, 0.4) is 0 Å². The van der Waals surface area contributed by atoms with Gasteiger partial charge in [-0.05, 0) is 11.4 Å². The molecule has 0 radical (unpaired) electrons. The molecule has 0 bridgehead atoms. The molecule has 5 nitrogen and oxygen atoms in total. The summed E-state index contributed by atoms with van der Waals surface area (Å²) in [6, 6.07) is 1.60. The van der Waals surface area contributed by atoms with Crippen molar-refractivity contribution in [3.05, 3.63) is 21.8 Å². The number of carboxylic acid groups (broad SMARTS) is 1. The largest absolute Gasteiger partial charge is 0.481 e. The van der Waals surface area contributed by atoms with Crippen LogP contribution in [0.1, 0.15) is 0 Å². The lowest BCUT2D eigenvalue weighted by molar-refractivity contribution is -0.133. The molecule has 0 saturated carbocycles. The van der Waals surface area contributed by atoms with E-state index in [1.54, 1.807) is 11.4 Å². The van der Waals surface area contributed by atoms with Crippen molar-refractivity contribution in [2.24, 2.45) is 0 Å². The number of halogens is 2. The summed E-state index contributed by atoms with van der Waals surface area (Å²) in [5.74, 6) is -1.45. The van der Waals surface area contributed by atoms with Crippen LogP contribution in [0.5, 0.6) is 0 Å². The Kier molecular flexibility index (Phi) is 4.15. The maximum Gasteiger partial charge on any atom is 0.313 e. The molecule has 0 unspecified atom stereocenters. The Labute approximate surface area is 113 Å². The highest BCUT2D eigenvalue weighted by molar-refractivity contribution is 7.99. The summed E-state index contributed by atoms with van der Waals surface area (Å²) >= 11 is 1.88. The van der Waals surface area contributed by atoms with Gasteiger partial charge in [-0.3, -0.25) is 14.2 Å². The van der Waals surface area contributed by atoms with Gasteiger partial charge in [-0.15, -0.1) is 11.3 Å². The van der Waals surface area contributed by atoms with Crippen molar-refractivity contribution < 1.29 is 18.7 Å². The van der Waals surface area contributed by atoms with Crippen molar-refractivity contribution in [2.45, 2.75) is 18.1 Å². The minimum absolute atomic E-state index is 0.00130. The number of fused-ring (bicyclic) bond motifs is 1. The van der Waals surface area contributed by atoms with E-state index < -0.39 is 24.5 Å². The zero-order valence-electron chi connectivity index (χ0n) is 9.38. The third kappa shape index (κ3) is 3.10. The number of thiophene rings is 1. The molecule has 2 heterocycles. The second kappa shape index (κ2) is 5.66. The van der Waals surface area contributed by atoms with Crippen LogP contribution in [0, 0.1) is 0 Å². The molecule has 102 valence electrons. The molecule has 0 aliphatic heterocycles. The van der Waals surface area contributed by atoms with E-state index in [1.165, 1.54) is 0 Å². The lowest BCUT2D eigenvalue weighted by Crippen LogP contribution is -2.25. The molecule has 0 aromatic carbocycles. The highest BCUT2D eigenvalue weighted by Crippen LogP contribution is 2.21. The number of hydrogen-bond acceptors (Lipinski definition) is 5. The summed E-state index contributed by atoms with van der Waals surface area (Å²) in [4.78, 5) is 26.6. The summed E-state index contributed by atoms with van der Waals surface area (Å²) in [6.45, 7) is -0.790. The number of carbonyl (C=O) groups is 1. The highest BCUT2D eigenvalue weighted by atomic mass is 32.2. The van der Waals surface area contributed by atoms with E-state index in [0.717, 1.165) is 27.7 Å². The summed E-state index contributed by atoms with van der Waals surface area (Å²) in [7, 11) is 0. The number of rotatable bonds is 5. The first-order valence-electron chi connectivity index (χ1n) is 5.10. The van der Waals surface area contributed by atoms with Crippen molar-refractivity contribution in [3.8, 4) is 0 Å². The minimum atomic E-state index is -2.71. The number of carboxylic acids is 1. The smallest absolute Gasteiger partial charge is 0.313 e. The maximum atomic E-state index is 12.5. The fraction of sp³-hybridized carbons (Fsp3) is 0.300. The van der Waals surface area contributed by atoms with Crippen LogP contribution in [0.25, 0.3) is 10.2 Å². The van der Waals surface area contributed by atoms with Gasteiger partial charge in [0.25, 0.3) is 12.0 Å². The molecule has 1 N–H and O–H groups in total. The molecule has 2 rings (SSSR count). The second-order valence-corrected chi connectivity index (χ2v) is 5.38. The van der Waals surface area contributed by atoms with E-state index in [-0.39, 0.29) is 10.9 Å². The van der Waals surface area contributed by atoms with Gasteiger partial charge in [0.2, 0.25) is 0 Å². The molecule has 0 amide bonds. The van der Waals surface area contributed by atoms with Crippen molar-refractivity contribution in [3.63, 3.8) is 0 Å². The lowest BCUT2D eigenvalue weighted by Gasteiger charge is -2.10. The Hall–Kier alpha value is -1.48. The van der Waals surface area contributed by atoms with Crippen LogP contribution < -0.4 is 5.56 Å². The van der Waals surface area contributed by atoms with E-state index in [1.807, 2.05) is 0 Å². The quantitative estimate of drug-likeness (QED) is 0.675. The fourth-order valence-corrected chi connectivity index (χ4v) is 2.97. The molecular formula is C10H8F2N2O3S2. The molecule has 19 heavy (non-hydrogen) atoms. The molecule has 2 aromatic heterocycles. The monoisotopic (exact) mass is 306 g/mol. The normalized spacial score (nSPS) is 11.3. The van der Waals surface area contributed by atoms with Gasteiger partial charge in [0, 0.05) is 0 Å². The van der Waals surface area contributed by atoms with Gasteiger partial charge >= 0.3 is 5.97 Å². The number of thioether (sulfide) groups is 1. The number of alkyl halides is 2. The molecule has 0 fully saturated rings. The minimum Gasteiger partial charge on any atom is -0.481 e. The van der Waals surface area contributed by atoms with Crippen molar-refractivity contribution in [2.75, 3.05) is 5.75 Å². The van der Waals surface area contributed by atoms with Gasteiger partial charge in [0.15, 0.2) is 5.16 Å². The van der Waals surface area contributed by atoms with Gasteiger partial charge in [0.1, 0.15) is 4.70 Å². The molecular weight excluding hydrogens is 298 g/mol. The number of aromatic nitrogens is 2. The van der Waals surface area contributed by atoms with Crippen LogP contribution >= 0.6 is 23.1 Å².